The van der Waals surface area contributed by atoms with Crippen LogP contribution in [0.15, 0.2) is 16.6 Å². The van der Waals surface area contributed by atoms with Gasteiger partial charge in [0.2, 0.25) is 0 Å². The molecule has 1 atom stereocenters. The van der Waals surface area contributed by atoms with Gasteiger partial charge in [0.25, 0.3) is 0 Å². The number of carbonyl (C=O) groups is 1. The Bertz CT molecular complexity index is 477. The van der Waals surface area contributed by atoms with Gasteiger partial charge in [-0.25, -0.2) is 0 Å². The Labute approximate surface area is 119 Å². The van der Waals surface area contributed by atoms with E-state index in [1.54, 1.807) is 26.0 Å². The van der Waals surface area contributed by atoms with Crippen molar-refractivity contribution < 1.29 is 14.6 Å². The van der Waals surface area contributed by atoms with E-state index in [1.165, 1.54) is 7.11 Å². The van der Waals surface area contributed by atoms with Crippen LogP contribution >= 0.6 is 27.5 Å². The van der Waals surface area contributed by atoms with Crippen LogP contribution in [0.1, 0.15) is 25.5 Å². The summed E-state index contributed by atoms with van der Waals surface area (Å²) in [5.74, 6) is -0.586. The fraction of sp³-hybridized carbons (Fsp3) is 0.417. The molecule has 0 spiro atoms. The topological polar surface area (TPSA) is 72.5 Å². The van der Waals surface area contributed by atoms with Gasteiger partial charge >= 0.3 is 5.97 Å². The molecule has 0 bridgehead atoms. The van der Waals surface area contributed by atoms with Gasteiger partial charge in [-0.15, -0.1) is 0 Å². The summed E-state index contributed by atoms with van der Waals surface area (Å²) in [6, 6.07) is 2.46. The van der Waals surface area contributed by atoms with Crippen molar-refractivity contribution in [3.05, 3.63) is 27.2 Å². The predicted molar refractivity (Wildman–Crippen MR) is 73.5 cm³/mol. The third kappa shape index (κ3) is 2.63. The van der Waals surface area contributed by atoms with Crippen LogP contribution in [-0.2, 0) is 9.53 Å². The first-order valence-electron chi connectivity index (χ1n) is 5.24. The number of esters is 1. The molecule has 1 aromatic carbocycles. The molecule has 1 rings (SSSR count). The molecule has 0 saturated heterocycles. The van der Waals surface area contributed by atoms with E-state index in [9.17, 15) is 9.90 Å². The maximum absolute atomic E-state index is 11.7. The fourth-order valence-electron chi connectivity index (χ4n) is 1.60. The van der Waals surface area contributed by atoms with E-state index >= 15 is 0 Å². The van der Waals surface area contributed by atoms with Crippen LogP contribution in [0.2, 0.25) is 5.02 Å². The van der Waals surface area contributed by atoms with E-state index in [0.717, 1.165) is 0 Å². The van der Waals surface area contributed by atoms with Gasteiger partial charge in [-0.05, 0) is 26.0 Å². The van der Waals surface area contributed by atoms with Crippen molar-refractivity contribution >= 4 is 33.5 Å². The second kappa shape index (κ2) is 5.47. The number of hydrogen-bond donors (Lipinski definition) is 2. The number of halogens is 2. The second-order valence-electron chi connectivity index (χ2n) is 4.48. The lowest BCUT2D eigenvalue weighted by atomic mass is 9.80. The maximum Gasteiger partial charge on any atom is 0.313 e. The molecule has 0 aliphatic rings. The zero-order valence-corrected chi connectivity index (χ0v) is 12.7. The van der Waals surface area contributed by atoms with Crippen molar-refractivity contribution in [2.75, 3.05) is 7.11 Å². The maximum atomic E-state index is 11.7. The first-order chi connectivity index (χ1) is 8.23. The van der Waals surface area contributed by atoms with Gasteiger partial charge in [0.15, 0.2) is 0 Å². The lowest BCUT2D eigenvalue weighted by Crippen LogP contribution is -2.37. The van der Waals surface area contributed by atoms with Crippen LogP contribution < -0.4 is 5.73 Å². The molecule has 3 N–H and O–H groups in total. The van der Waals surface area contributed by atoms with E-state index in [0.29, 0.717) is 10.0 Å². The Morgan fingerprint density at radius 3 is 2.61 bits per heavy atom. The van der Waals surface area contributed by atoms with Crippen LogP contribution in [0.4, 0.5) is 0 Å². The molecule has 0 heterocycles. The number of ether oxygens (including phenoxy) is 1. The van der Waals surface area contributed by atoms with E-state index in [-0.39, 0.29) is 10.8 Å². The Balaban J connectivity index is 3.31. The molecule has 6 heteroatoms. The third-order valence-corrected chi connectivity index (χ3v) is 3.91. The minimum Gasteiger partial charge on any atom is -0.506 e. The molecular weight excluding hydrogens is 321 g/mol. The smallest absolute Gasteiger partial charge is 0.313 e. The lowest BCUT2D eigenvalue weighted by Gasteiger charge is -2.30. The monoisotopic (exact) mass is 335 g/mol. The van der Waals surface area contributed by atoms with Gasteiger partial charge in [-0.3, -0.25) is 4.79 Å². The Kier molecular flexibility index (Phi) is 4.64. The number of phenols is 1. The predicted octanol–water partition coefficient (Wildman–Crippen LogP) is 3.01. The molecule has 18 heavy (non-hydrogen) atoms. The molecule has 0 radical (unpaired) electrons. The number of phenolic OH excluding ortho intramolecular Hbond substituents is 1. The van der Waals surface area contributed by atoms with Gasteiger partial charge < -0.3 is 15.6 Å². The summed E-state index contributed by atoms with van der Waals surface area (Å²) in [6.07, 6.45) is 0. The molecule has 0 fully saturated rings. The number of aromatic hydroxyl groups is 1. The van der Waals surface area contributed by atoms with Crippen molar-refractivity contribution in [3.8, 4) is 5.75 Å². The van der Waals surface area contributed by atoms with Gasteiger partial charge in [-0.1, -0.05) is 27.5 Å². The highest BCUT2D eigenvalue weighted by Crippen LogP contribution is 2.43. The summed E-state index contributed by atoms with van der Waals surface area (Å²) < 4.78 is 5.31. The molecule has 0 aliphatic carbocycles. The molecule has 0 amide bonds. The molecule has 0 aliphatic heterocycles. The molecule has 1 aromatic rings. The fourth-order valence-corrected chi connectivity index (χ4v) is 2.33. The standard InChI is InChI=1S/C12H15BrClNO3/c1-12(2,11(17)18-3)10(15)8-6(13)4-5-7(14)9(8)16/h4-5,10,16H,15H2,1-3H3/t10-/m1/s1. The number of carbonyl (C=O) groups excluding carboxylic acids is 1. The number of benzene rings is 1. The summed E-state index contributed by atoms with van der Waals surface area (Å²) in [5.41, 5.74) is 5.47. The molecule has 100 valence electrons. The summed E-state index contributed by atoms with van der Waals surface area (Å²) >= 11 is 9.15. The second-order valence-corrected chi connectivity index (χ2v) is 5.74. The third-order valence-electron chi connectivity index (χ3n) is 2.91. The number of rotatable bonds is 3. The van der Waals surface area contributed by atoms with E-state index in [1.807, 2.05) is 0 Å². The van der Waals surface area contributed by atoms with Gasteiger partial charge in [0, 0.05) is 10.0 Å². The Morgan fingerprint density at radius 1 is 1.56 bits per heavy atom. The summed E-state index contributed by atoms with van der Waals surface area (Å²) in [4.78, 5) is 11.7. The minimum absolute atomic E-state index is 0.129. The van der Waals surface area contributed by atoms with Crippen LogP contribution in [0.5, 0.6) is 5.75 Å². The Morgan fingerprint density at radius 2 is 2.11 bits per heavy atom. The number of methoxy groups -OCH3 is 1. The van der Waals surface area contributed by atoms with Crippen molar-refractivity contribution in [1.29, 1.82) is 0 Å². The van der Waals surface area contributed by atoms with Crippen molar-refractivity contribution in [1.82, 2.24) is 0 Å². The van der Waals surface area contributed by atoms with Gasteiger partial charge in [0.05, 0.1) is 23.6 Å². The molecule has 0 aromatic heterocycles. The number of hydrogen-bond acceptors (Lipinski definition) is 4. The zero-order valence-electron chi connectivity index (χ0n) is 10.3. The minimum atomic E-state index is -0.987. The highest BCUT2D eigenvalue weighted by molar-refractivity contribution is 9.10. The van der Waals surface area contributed by atoms with Crippen LogP contribution in [0.3, 0.4) is 0 Å². The summed E-state index contributed by atoms with van der Waals surface area (Å²) in [6.45, 7) is 3.30. The average Bonchev–Trinajstić information content (AvgIpc) is 2.33. The molecule has 4 nitrogen and oxygen atoms in total. The summed E-state index contributed by atoms with van der Waals surface area (Å²) in [7, 11) is 1.30. The number of nitrogens with two attached hydrogens (primary N) is 1. The van der Waals surface area contributed by atoms with Crippen molar-refractivity contribution in [2.24, 2.45) is 11.1 Å². The highest BCUT2D eigenvalue weighted by atomic mass is 79.9. The van der Waals surface area contributed by atoms with E-state index < -0.39 is 17.4 Å². The van der Waals surface area contributed by atoms with Crippen LogP contribution in [0.25, 0.3) is 0 Å². The van der Waals surface area contributed by atoms with E-state index in [2.05, 4.69) is 15.9 Å². The first kappa shape index (κ1) is 15.3. The zero-order chi connectivity index (χ0) is 14.1. The van der Waals surface area contributed by atoms with Crippen LogP contribution in [-0.4, -0.2) is 18.2 Å². The van der Waals surface area contributed by atoms with E-state index in [4.69, 9.17) is 22.1 Å². The Hall–Kier alpha value is -0.780. The average molecular weight is 337 g/mol. The molecular formula is C12H15BrClNO3. The first-order valence-corrected chi connectivity index (χ1v) is 6.41. The van der Waals surface area contributed by atoms with Gasteiger partial charge in [0.1, 0.15) is 5.75 Å². The SMILES string of the molecule is COC(=O)C(C)(C)[C@H](N)c1c(Br)ccc(Cl)c1O. The van der Waals surface area contributed by atoms with Crippen molar-refractivity contribution in [2.45, 2.75) is 19.9 Å². The van der Waals surface area contributed by atoms with Crippen molar-refractivity contribution in [3.63, 3.8) is 0 Å². The highest BCUT2D eigenvalue weighted by Gasteiger charge is 2.39. The van der Waals surface area contributed by atoms with Crippen LogP contribution in [0, 0.1) is 5.41 Å². The van der Waals surface area contributed by atoms with Gasteiger partial charge in [-0.2, -0.15) is 0 Å². The summed E-state index contributed by atoms with van der Waals surface area (Å²) in [5, 5.41) is 10.2. The molecule has 0 saturated carbocycles. The normalized spacial score (nSPS) is 13.2. The lowest BCUT2D eigenvalue weighted by molar-refractivity contribution is -0.152. The molecule has 0 unspecified atom stereocenters. The quantitative estimate of drug-likeness (QED) is 0.832. The largest absolute Gasteiger partial charge is 0.506 e.